The van der Waals surface area contributed by atoms with Gasteiger partial charge in [-0.2, -0.15) is 0 Å². The number of carbonyl (C=O) groups is 3. The summed E-state index contributed by atoms with van der Waals surface area (Å²) in [5.74, 6) is -3.09. The highest BCUT2D eigenvalue weighted by atomic mass is 35.5. The van der Waals surface area contributed by atoms with Gasteiger partial charge in [0.1, 0.15) is 17.0 Å². The Kier molecular flexibility index (Phi) is 8.67. The van der Waals surface area contributed by atoms with Gasteiger partial charge in [-0.15, -0.1) is 0 Å². The highest BCUT2D eigenvalue weighted by molar-refractivity contribution is 7.89. The number of anilines is 1. The van der Waals surface area contributed by atoms with Crippen LogP contribution in [0.15, 0.2) is 54.6 Å². The van der Waals surface area contributed by atoms with Gasteiger partial charge in [-0.3, -0.25) is 14.4 Å². The lowest BCUT2D eigenvalue weighted by atomic mass is 9.59. The van der Waals surface area contributed by atoms with Crippen LogP contribution in [-0.4, -0.2) is 38.0 Å². The van der Waals surface area contributed by atoms with Gasteiger partial charge < -0.3 is 15.4 Å². The van der Waals surface area contributed by atoms with Gasteiger partial charge in [-0.25, -0.2) is 17.5 Å². The van der Waals surface area contributed by atoms with Crippen molar-refractivity contribution >= 4 is 56.6 Å². The second kappa shape index (κ2) is 11.9. The molecule has 1 saturated heterocycles. The average Bonchev–Trinajstić information content (AvgIpc) is 3.24. The summed E-state index contributed by atoms with van der Waals surface area (Å²) in [5.41, 5.74) is -0.835. The third-order valence-corrected chi connectivity index (χ3v) is 9.82. The monoisotopic (exact) mass is 675 g/mol. The van der Waals surface area contributed by atoms with E-state index < -0.39 is 56.5 Å². The van der Waals surface area contributed by atoms with Crippen molar-refractivity contribution in [1.29, 1.82) is 0 Å². The summed E-state index contributed by atoms with van der Waals surface area (Å²) in [6.45, 7) is 5.13. The minimum atomic E-state index is -3.92. The summed E-state index contributed by atoms with van der Waals surface area (Å²) in [7, 11) is -3.92. The van der Waals surface area contributed by atoms with Crippen LogP contribution >= 0.6 is 23.2 Å². The molecule has 2 aliphatic heterocycles. The van der Waals surface area contributed by atoms with Gasteiger partial charge in [0.05, 0.1) is 12.3 Å². The number of piperidine rings is 1. The van der Waals surface area contributed by atoms with Crippen LogP contribution in [0.3, 0.4) is 0 Å². The number of carbonyl (C=O) groups excluding carboxylic acids is 3. The normalized spacial score (nSPS) is 21.2. The molecule has 3 atom stereocenters. The number of benzene rings is 3. The number of amides is 3. The van der Waals surface area contributed by atoms with E-state index in [1.54, 1.807) is 51.1 Å². The number of halogens is 3. The molecule has 3 N–H and O–H groups in total. The maximum Gasteiger partial charge on any atom is 0.277 e. The Hall–Kier alpha value is -3.67. The predicted octanol–water partition coefficient (Wildman–Crippen LogP) is 5.69. The van der Waals surface area contributed by atoms with Gasteiger partial charge >= 0.3 is 0 Å². The molecular formula is C32H32Cl2FN3O6S. The van der Waals surface area contributed by atoms with E-state index in [2.05, 4.69) is 10.6 Å². The van der Waals surface area contributed by atoms with E-state index in [0.29, 0.717) is 33.0 Å². The number of hydrogen-bond acceptors (Lipinski definition) is 6. The molecule has 45 heavy (non-hydrogen) atoms. The van der Waals surface area contributed by atoms with Crippen LogP contribution in [0.4, 0.5) is 10.1 Å². The molecule has 0 aromatic heterocycles. The fraction of sp³-hybridized carbons (Fsp3) is 0.344. The first-order chi connectivity index (χ1) is 21.1. The van der Waals surface area contributed by atoms with Gasteiger partial charge in [0.25, 0.3) is 5.91 Å². The first-order valence-electron chi connectivity index (χ1n) is 14.3. The molecule has 0 bridgehead atoms. The van der Waals surface area contributed by atoms with Crippen molar-refractivity contribution in [3.05, 3.63) is 92.7 Å². The number of aryl methyl sites for hydroxylation is 1. The molecule has 0 radical (unpaired) electrons. The maximum atomic E-state index is 14.8. The van der Waals surface area contributed by atoms with Gasteiger partial charge in [-0.1, -0.05) is 49.2 Å². The number of hydrogen-bond donors (Lipinski definition) is 3. The van der Waals surface area contributed by atoms with Crippen LogP contribution in [-0.2, 0) is 29.8 Å². The summed E-state index contributed by atoms with van der Waals surface area (Å²) in [6, 6.07) is 12.7. The molecule has 1 fully saturated rings. The van der Waals surface area contributed by atoms with Crippen molar-refractivity contribution in [1.82, 2.24) is 10.0 Å². The van der Waals surface area contributed by atoms with E-state index in [9.17, 15) is 27.2 Å². The number of ether oxygens (including phenoxy) is 1. The molecule has 0 aliphatic carbocycles. The van der Waals surface area contributed by atoms with Crippen LogP contribution in [0.2, 0.25) is 10.0 Å². The molecule has 0 saturated carbocycles. The number of sulfonamides is 1. The van der Waals surface area contributed by atoms with E-state index in [0.717, 1.165) is 6.26 Å². The van der Waals surface area contributed by atoms with Gasteiger partial charge in [0.15, 0.2) is 5.60 Å². The van der Waals surface area contributed by atoms with Crippen molar-refractivity contribution in [3.63, 3.8) is 0 Å². The van der Waals surface area contributed by atoms with E-state index in [4.69, 9.17) is 27.9 Å². The fourth-order valence-electron chi connectivity index (χ4n) is 6.56. The standard InChI is InChI=1S/C32H32Cl2FN3O6S/c1-5-31(6-2,29(40)38-45(4,42)43)44-26-12-9-18(33)13-22(26)24-16-27(39)37-28(21-15-20(35)10-7-17(21)3)32(24)23-11-8-19(34)14-25(23)36-30(32)41/h7-15,24,28H,5-6,16H2,1-4H3,(H,36,41)(H,37,39)(H,38,40)/t24-,28+,32-/m0/s1. The predicted molar refractivity (Wildman–Crippen MR) is 170 cm³/mol. The molecule has 2 heterocycles. The molecule has 9 nitrogen and oxygen atoms in total. The zero-order chi connectivity index (χ0) is 32.9. The molecule has 3 amide bonds. The second-order valence-corrected chi connectivity index (χ2v) is 14.1. The summed E-state index contributed by atoms with van der Waals surface area (Å²) in [5, 5.41) is 6.53. The molecular weight excluding hydrogens is 644 g/mol. The van der Waals surface area contributed by atoms with Crippen molar-refractivity contribution < 1.29 is 31.9 Å². The lowest BCUT2D eigenvalue weighted by molar-refractivity contribution is -0.136. The van der Waals surface area contributed by atoms with Crippen molar-refractivity contribution in [2.75, 3.05) is 11.6 Å². The van der Waals surface area contributed by atoms with Crippen LogP contribution in [0.1, 0.15) is 67.3 Å². The molecule has 1 spiro atoms. The summed E-state index contributed by atoms with van der Waals surface area (Å²) >= 11 is 12.8. The van der Waals surface area contributed by atoms with Crippen molar-refractivity contribution in [2.45, 2.75) is 63.0 Å². The highest BCUT2D eigenvalue weighted by Gasteiger charge is 2.62. The molecule has 2 aliphatic rings. The molecule has 3 aromatic rings. The minimum absolute atomic E-state index is 0.0934. The molecule has 13 heteroatoms. The third-order valence-electron chi connectivity index (χ3n) is 8.79. The molecule has 5 rings (SSSR count). The summed E-state index contributed by atoms with van der Waals surface area (Å²) in [6.07, 6.45) is 0.861. The topological polar surface area (TPSA) is 131 Å². The van der Waals surface area contributed by atoms with Gasteiger partial charge in [-0.05, 0) is 78.9 Å². The van der Waals surface area contributed by atoms with E-state index >= 15 is 0 Å². The second-order valence-electron chi connectivity index (χ2n) is 11.5. The zero-order valence-electron chi connectivity index (χ0n) is 25.0. The van der Waals surface area contributed by atoms with Crippen LogP contribution in [0, 0.1) is 12.7 Å². The number of rotatable bonds is 8. The van der Waals surface area contributed by atoms with E-state index in [-0.39, 0.29) is 30.0 Å². The van der Waals surface area contributed by atoms with Gasteiger partial charge in [0.2, 0.25) is 21.8 Å². The van der Waals surface area contributed by atoms with E-state index in [1.165, 1.54) is 24.3 Å². The molecule has 0 unspecified atom stereocenters. The Morgan fingerprint density at radius 2 is 1.71 bits per heavy atom. The quantitative estimate of drug-likeness (QED) is 0.281. The van der Waals surface area contributed by atoms with Crippen LogP contribution in [0.25, 0.3) is 0 Å². The Morgan fingerprint density at radius 1 is 1.04 bits per heavy atom. The Balaban J connectivity index is 1.78. The molecule has 238 valence electrons. The van der Waals surface area contributed by atoms with Crippen molar-refractivity contribution in [3.8, 4) is 5.75 Å². The number of fused-ring (bicyclic) bond motifs is 2. The Labute approximate surface area is 270 Å². The average molecular weight is 677 g/mol. The lowest BCUT2D eigenvalue weighted by Gasteiger charge is -2.47. The third kappa shape index (κ3) is 5.77. The SMILES string of the molecule is CCC(CC)(Oc1ccc(Cl)cc1[C@@H]1CC(=O)N[C@H](c2cc(F)ccc2C)[C@@]12C(=O)Nc1cc(Cl)ccc12)C(=O)NS(C)(=O)=O. The largest absolute Gasteiger partial charge is 0.477 e. The van der Waals surface area contributed by atoms with Crippen LogP contribution in [0.5, 0.6) is 5.75 Å². The fourth-order valence-corrected chi connectivity index (χ4v) is 7.44. The molecule has 3 aromatic carbocycles. The van der Waals surface area contributed by atoms with Gasteiger partial charge in [0, 0.05) is 33.6 Å². The number of nitrogens with one attached hydrogen (secondary N) is 3. The zero-order valence-corrected chi connectivity index (χ0v) is 27.3. The minimum Gasteiger partial charge on any atom is -0.477 e. The van der Waals surface area contributed by atoms with E-state index in [1.807, 2.05) is 4.72 Å². The van der Waals surface area contributed by atoms with Crippen LogP contribution < -0.4 is 20.1 Å². The maximum absolute atomic E-state index is 14.8. The summed E-state index contributed by atoms with van der Waals surface area (Å²) in [4.78, 5) is 41.3. The Bertz CT molecular complexity index is 1830. The summed E-state index contributed by atoms with van der Waals surface area (Å²) < 4.78 is 47.2. The first kappa shape index (κ1) is 32.7. The van der Waals surface area contributed by atoms with Crippen molar-refractivity contribution in [2.24, 2.45) is 0 Å². The first-order valence-corrected chi connectivity index (χ1v) is 17.0. The smallest absolute Gasteiger partial charge is 0.277 e. The highest BCUT2D eigenvalue weighted by Crippen LogP contribution is 2.59. The lowest BCUT2D eigenvalue weighted by Crippen LogP contribution is -2.57. The Morgan fingerprint density at radius 3 is 2.38 bits per heavy atom.